The molecule has 32 heavy (non-hydrogen) atoms. The number of hydrogen-bond acceptors (Lipinski definition) is 5. The van der Waals surface area contributed by atoms with Crippen LogP contribution in [-0.4, -0.2) is 30.8 Å². The third-order valence-electron chi connectivity index (χ3n) is 5.06. The molecule has 0 fully saturated rings. The summed E-state index contributed by atoms with van der Waals surface area (Å²) in [6.07, 6.45) is 3.77. The minimum absolute atomic E-state index is 0.431. The molecule has 4 rings (SSSR count). The highest BCUT2D eigenvalue weighted by Gasteiger charge is 2.18. The lowest BCUT2D eigenvalue weighted by atomic mass is 10.0. The molecular formula is C23H21N5O4. The van der Waals surface area contributed by atoms with Crippen LogP contribution in [0.5, 0.6) is 5.75 Å². The maximum Gasteiger partial charge on any atom is 0.326 e. The van der Waals surface area contributed by atoms with Gasteiger partial charge in [0.05, 0.1) is 18.8 Å². The number of nitrogens with zero attached hydrogens (tertiary/aromatic N) is 2. The first-order chi connectivity index (χ1) is 15.4. The summed E-state index contributed by atoms with van der Waals surface area (Å²) in [7, 11) is 0. The van der Waals surface area contributed by atoms with Crippen molar-refractivity contribution in [2.45, 2.75) is 19.5 Å². The van der Waals surface area contributed by atoms with Gasteiger partial charge in [-0.3, -0.25) is 24.2 Å². The van der Waals surface area contributed by atoms with E-state index in [1.54, 1.807) is 13.1 Å². The Morgan fingerprint density at radius 1 is 1.06 bits per heavy atom. The van der Waals surface area contributed by atoms with E-state index in [9.17, 15) is 19.5 Å². The fourth-order valence-corrected chi connectivity index (χ4v) is 3.33. The molecule has 0 aliphatic heterocycles. The van der Waals surface area contributed by atoms with Crippen LogP contribution >= 0.6 is 0 Å². The van der Waals surface area contributed by atoms with Gasteiger partial charge in [-0.05, 0) is 23.6 Å². The highest BCUT2D eigenvalue weighted by Crippen LogP contribution is 2.22. The van der Waals surface area contributed by atoms with Crippen LogP contribution in [0.2, 0.25) is 0 Å². The first-order valence-corrected chi connectivity index (χ1v) is 9.94. The van der Waals surface area contributed by atoms with Crippen molar-refractivity contribution in [3.63, 3.8) is 0 Å². The van der Waals surface area contributed by atoms with E-state index in [2.05, 4.69) is 15.4 Å². The lowest BCUT2D eigenvalue weighted by Crippen LogP contribution is -2.32. The molecule has 0 saturated carbocycles. The van der Waals surface area contributed by atoms with Crippen molar-refractivity contribution in [1.82, 2.24) is 25.1 Å². The Bertz CT molecular complexity index is 1350. The summed E-state index contributed by atoms with van der Waals surface area (Å²) in [4.78, 5) is 39.3. The smallest absolute Gasteiger partial charge is 0.326 e. The van der Waals surface area contributed by atoms with E-state index in [0.717, 1.165) is 22.3 Å². The van der Waals surface area contributed by atoms with E-state index in [-0.39, 0.29) is 0 Å². The van der Waals surface area contributed by atoms with E-state index in [4.69, 9.17) is 0 Å². The van der Waals surface area contributed by atoms with Gasteiger partial charge in [0.15, 0.2) is 5.69 Å². The number of nitrogens with one attached hydrogen (secondary N) is 3. The predicted octanol–water partition coefficient (Wildman–Crippen LogP) is 2.17. The van der Waals surface area contributed by atoms with Crippen LogP contribution in [0.15, 0.2) is 76.6 Å². The number of amides is 1. The predicted molar refractivity (Wildman–Crippen MR) is 118 cm³/mol. The number of benzene rings is 2. The van der Waals surface area contributed by atoms with Gasteiger partial charge in [-0.2, -0.15) is 5.10 Å². The molecule has 0 aliphatic rings. The van der Waals surface area contributed by atoms with E-state index in [1.165, 1.54) is 0 Å². The van der Waals surface area contributed by atoms with Crippen LogP contribution in [0.25, 0.3) is 11.1 Å². The van der Waals surface area contributed by atoms with Gasteiger partial charge in [0.2, 0.25) is 5.75 Å². The van der Waals surface area contributed by atoms with Crippen LogP contribution in [0, 0.1) is 0 Å². The monoisotopic (exact) mass is 431 g/mol. The van der Waals surface area contributed by atoms with Crippen molar-refractivity contribution >= 4 is 5.91 Å². The Morgan fingerprint density at radius 3 is 2.50 bits per heavy atom. The molecule has 0 spiro atoms. The lowest BCUT2D eigenvalue weighted by molar-refractivity contribution is 0.0931. The fraction of sp³-hybridized carbons (Fsp3) is 0.130. The molecule has 0 radical (unpaired) electrons. The summed E-state index contributed by atoms with van der Waals surface area (Å²) >= 11 is 0. The van der Waals surface area contributed by atoms with Gasteiger partial charge in [-0.15, -0.1) is 0 Å². The fourth-order valence-electron chi connectivity index (χ4n) is 3.33. The normalized spacial score (nSPS) is 11.8. The minimum Gasteiger partial charge on any atom is -0.501 e. The van der Waals surface area contributed by atoms with Crippen LogP contribution in [-0.2, 0) is 6.54 Å². The molecule has 4 N–H and O–H groups in total. The number of aromatic nitrogens is 4. The quantitative estimate of drug-likeness (QED) is 0.371. The number of aromatic hydroxyl groups is 1. The van der Waals surface area contributed by atoms with Crippen molar-refractivity contribution in [2.75, 3.05) is 0 Å². The zero-order valence-electron chi connectivity index (χ0n) is 17.2. The van der Waals surface area contributed by atoms with Crippen LogP contribution in [0.3, 0.4) is 0 Å². The zero-order valence-corrected chi connectivity index (χ0v) is 17.2. The third kappa shape index (κ3) is 4.51. The van der Waals surface area contributed by atoms with E-state index in [0.29, 0.717) is 6.54 Å². The van der Waals surface area contributed by atoms with Gasteiger partial charge in [-0.25, -0.2) is 4.79 Å². The average Bonchev–Trinajstić information content (AvgIpc) is 3.25. The molecule has 0 saturated heterocycles. The van der Waals surface area contributed by atoms with Crippen molar-refractivity contribution in [2.24, 2.45) is 0 Å². The average molecular weight is 431 g/mol. The Morgan fingerprint density at radius 2 is 1.78 bits per heavy atom. The van der Waals surface area contributed by atoms with E-state index < -0.39 is 34.6 Å². The maximum atomic E-state index is 12.4. The van der Waals surface area contributed by atoms with Gasteiger partial charge in [0, 0.05) is 11.8 Å². The van der Waals surface area contributed by atoms with Crippen molar-refractivity contribution in [3.05, 3.63) is 105 Å². The number of carbonyl (C=O) groups excluding carboxylic acids is 1. The number of aromatic amines is 2. The lowest BCUT2D eigenvalue weighted by Gasteiger charge is -2.15. The molecule has 9 nitrogen and oxygen atoms in total. The largest absolute Gasteiger partial charge is 0.501 e. The van der Waals surface area contributed by atoms with Crippen LogP contribution in [0.1, 0.15) is 34.6 Å². The molecule has 4 aromatic rings. The molecule has 0 bridgehead atoms. The molecule has 9 heteroatoms. The van der Waals surface area contributed by atoms with Crippen molar-refractivity contribution in [3.8, 4) is 16.9 Å². The highest BCUT2D eigenvalue weighted by atomic mass is 16.3. The number of carbonyl (C=O) groups is 1. The first kappa shape index (κ1) is 20.9. The standard InChI is InChI=1S/C23H21N5O4/c1-14(25-21(30)19-20(29)22(31)27-23(32)26-19)16-7-9-17(10-8-16)18-11-24-28(13-18)12-15-5-3-2-4-6-15/h2-11,13-14,29H,12H2,1H3,(H,25,30)(H2,26,27,31,32). The zero-order chi connectivity index (χ0) is 22.7. The Kier molecular flexibility index (Phi) is 5.71. The molecule has 1 unspecified atom stereocenters. The summed E-state index contributed by atoms with van der Waals surface area (Å²) in [5, 5.41) is 16.8. The molecule has 2 aromatic heterocycles. The SMILES string of the molecule is CC(NC(=O)c1[nH]c(=O)[nH]c(=O)c1O)c1ccc(-c2cnn(Cc3ccccc3)c2)cc1. The molecule has 0 aliphatic carbocycles. The summed E-state index contributed by atoms with van der Waals surface area (Å²) in [5.41, 5.74) is 1.54. The summed E-state index contributed by atoms with van der Waals surface area (Å²) in [5.74, 6) is -1.60. The van der Waals surface area contributed by atoms with Gasteiger partial charge in [0.1, 0.15) is 0 Å². The topological polar surface area (TPSA) is 133 Å². The van der Waals surface area contributed by atoms with Crippen molar-refractivity contribution < 1.29 is 9.90 Å². The Balaban J connectivity index is 1.45. The highest BCUT2D eigenvalue weighted by molar-refractivity contribution is 5.94. The van der Waals surface area contributed by atoms with Crippen LogP contribution in [0.4, 0.5) is 0 Å². The van der Waals surface area contributed by atoms with Crippen molar-refractivity contribution in [1.29, 1.82) is 0 Å². The molecule has 2 aromatic carbocycles. The van der Waals surface area contributed by atoms with Gasteiger partial charge < -0.3 is 10.4 Å². The number of rotatable bonds is 6. The summed E-state index contributed by atoms with van der Waals surface area (Å²) < 4.78 is 1.87. The van der Waals surface area contributed by atoms with Gasteiger partial charge in [-0.1, -0.05) is 54.6 Å². The molecule has 1 amide bonds. The Labute approximate surface area is 182 Å². The first-order valence-electron chi connectivity index (χ1n) is 9.94. The van der Waals surface area contributed by atoms with Crippen LogP contribution < -0.4 is 16.6 Å². The second-order valence-electron chi connectivity index (χ2n) is 7.36. The second-order valence-corrected chi connectivity index (χ2v) is 7.36. The Hall–Kier alpha value is -4.40. The minimum atomic E-state index is -1.02. The number of hydrogen-bond donors (Lipinski definition) is 4. The van der Waals surface area contributed by atoms with E-state index in [1.807, 2.05) is 70.5 Å². The van der Waals surface area contributed by atoms with E-state index >= 15 is 0 Å². The maximum absolute atomic E-state index is 12.4. The van der Waals surface area contributed by atoms with Gasteiger partial charge in [0.25, 0.3) is 11.5 Å². The second kappa shape index (κ2) is 8.76. The number of H-pyrrole nitrogens is 2. The molecule has 2 heterocycles. The summed E-state index contributed by atoms with van der Waals surface area (Å²) in [6, 6.07) is 17.2. The summed E-state index contributed by atoms with van der Waals surface area (Å²) in [6.45, 7) is 2.44. The molecule has 1 atom stereocenters. The molecular weight excluding hydrogens is 410 g/mol. The van der Waals surface area contributed by atoms with Gasteiger partial charge >= 0.3 is 5.69 Å². The molecule has 162 valence electrons. The third-order valence-corrected chi connectivity index (χ3v) is 5.06.